The van der Waals surface area contributed by atoms with E-state index in [1.807, 2.05) is 0 Å². The number of amides is 1. The molecular weight excluding hydrogens is 420 g/mol. The minimum atomic E-state index is -4.02. The molecule has 10 nitrogen and oxygen atoms in total. The number of rotatable bonds is 8. The predicted octanol–water partition coefficient (Wildman–Crippen LogP) is 0.525. The molecule has 0 aliphatic rings. The van der Waals surface area contributed by atoms with Crippen molar-refractivity contribution in [2.24, 2.45) is 0 Å². The SMILES string of the molecule is Cc1noc(C)c1S(=O)(=O)N[C@@H](C)C(=O)NCc1ccccc1S(=O)(=O)N(C)C. The first-order chi connectivity index (χ1) is 13.4. The zero-order valence-electron chi connectivity index (χ0n) is 16.8. The molecule has 2 aromatic rings. The molecule has 12 heteroatoms. The molecule has 160 valence electrons. The summed E-state index contributed by atoms with van der Waals surface area (Å²) in [6, 6.07) is 5.16. The van der Waals surface area contributed by atoms with Crippen molar-refractivity contribution in [2.75, 3.05) is 14.1 Å². The molecule has 0 spiro atoms. The van der Waals surface area contributed by atoms with E-state index in [2.05, 4.69) is 15.2 Å². The third kappa shape index (κ3) is 5.01. The van der Waals surface area contributed by atoms with Gasteiger partial charge in [0, 0.05) is 20.6 Å². The Kier molecular flexibility index (Phi) is 6.83. The largest absolute Gasteiger partial charge is 0.360 e. The van der Waals surface area contributed by atoms with Gasteiger partial charge in [-0.2, -0.15) is 4.72 Å². The lowest BCUT2D eigenvalue weighted by Gasteiger charge is -2.17. The van der Waals surface area contributed by atoms with E-state index in [0.29, 0.717) is 5.56 Å². The maximum atomic E-state index is 12.5. The number of aromatic nitrogens is 1. The summed E-state index contributed by atoms with van der Waals surface area (Å²) in [5.41, 5.74) is 0.570. The summed E-state index contributed by atoms with van der Waals surface area (Å²) in [6.07, 6.45) is 0. The van der Waals surface area contributed by atoms with Gasteiger partial charge in [0.05, 0.1) is 10.9 Å². The Balaban J connectivity index is 2.13. The Morgan fingerprint density at radius 1 is 1.17 bits per heavy atom. The van der Waals surface area contributed by atoms with Crippen molar-refractivity contribution in [1.29, 1.82) is 0 Å². The van der Waals surface area contributed by atoms with Gasteiger partial charge in [-0.3, -0.25) is 4.79 Å². The number of benzene rings is 1. The second-order valence-corrected chi connectivity index (χ2v) is 10.4. The van der Waals surface area contributed by atoms with Crippen LogP contribution in [0.5, 0.6) is 0 Å². The highest BCUT2D eigenvalue weighted by Gasteiger charge is 2.28. The Bertz CT molecular complexity index is 1090. The molecule has 0 bridgehead atoms. The maximum absolute atomic E-state index is 12.5. The summed E-state index contributed by atoms with van der Waals surface area (Å²) in [5, 5.41) is 6.16. The van der Waals surface area contributed by atoms with Gasteiger partial charge >= 0.3 is 0 Å². The van der Waals surface area contributed by atoms with E-state index in [0.717, 1.165) is 4.31 Å². The summed E-state index contributed by atoms with van der Waals surface area (Å²) in [7, 11) is -4.88. The van der Waals surface area contributed by atoms with Crippen LogP contribution in [0, 0.1) is 13.8 Å². The molecular formula is C17H24N4O6S2. The number of nitrogens with one attached hydrogen (secondary N) is 2. The highest BCUT2D eigenvalue weighted by Crippen LogP contribution is 2.20. The maximum Gasteiger partial charge on any atom is 0.246 e. The summed E-state index contributed by atoms with van der Waals surface area (Å²) in [4.78, 5) is 12.3. The molecule has 2 N–H and O–H groups in total. The minimum absolute atomic E-state index is 0.0641. The van der Waals surface area contributed by atoms with Crippen LogP contribution < -0.4 is 10.0 Å². The lowest BCUT2D eigenvalue weighted by Crippen LogP contribution is -2.44. The summed E-state index contributed by atoms with van der Waals surface area (Å²) >= 11 is 0. The van der Waals surface area contributed by atoms with Crippen molar-refractivity contribution in [1.82, 2.24) is 19.5 Å². The molecule has 0 fully saturated rings. The van der Waals surface area contributed by atoms with Crippen LogP contribution in [-0.2, 0) is 31.4 Å². The van der Waals surface area contributed by atoms with E-state index in [4.69, 9.17) is 4.52 Å². The Morgan fingerprint density at radius 2 is 1.79 bits per heavy atom. The normalized spacial score (nSPS) is 13.4. The van der Waals surface area contributed by atoms with Gasteiger partial charge < -0.3 is 9.84 Å². The summed E-state index contributed by atoms with van der Waals surface area (Å²) in [5.74, 6) is -0.497. The molecule has 0 saturated carbocycles. The van der Waals surface area contributed by atoms with Gasteiger partial charge in [-0.05, 0) is 32.4 Å². The molecule has 29 heavy (non-hydrogen) atoms. The number of hydrogen-bond acceptors (Lipinski definition) is 7. The van der Waals surface area contributed by atoms with E-state index < -0.39 is 32.0 Å². The van der Waals surface area contributed by atoms with Gasteiger partial charge in [0.1, 0.15) is 10.6 Å². The number of carbonyl (C=O) groups excluding carboxylic acids is 1. The second-order valence-electron chi connectivity index (χ2n) is 6.61. The minimum Gasteiger partial charge on any atom is -0.360 e. The van der Waals surface area contributed by atoms with Crippen LogP contribution >= 0.6 is 0 Å². The van der Waals surface area contributed by atoms with E-state index >= 15 is 0 Å². The van der Waals surface area contributed by atoms with Gasteiger partial charge in [0.25, 0.3) is 0 Å². The second kappa shape index (κ2) is 8.61. The van der Waals surface area contributed by atoms with Crippen LogP contribution in [0.2, 0.25) is 0 Å². The molecule has 0 saturated heterocycles. The molecule has 0 aliphatic heterocycles. The smallest absolute Gasteiger partial charge is 0.246 e. The molecule has 1 amide bonds. The quantitative estimate of drug-likeness (QED) is 0.605. The number of aryl methyl sites for hydroxylation is 2. The van der Waals surface area contributed by atoms with E-state index in [-0.39, 0.29) is 27.8 Å². The summed E-state index contributed by atoms with van der Waals surface area (Å²) in [6.45, 7) is 4.24. The fraction of sp³-hybridized carbons (Fsp3) is 0.412. The number of hydrogen-bond donors (Lipinski definition) is 2. The summed E-state index contributed by atoms with van der Waals surface area (Å²) < 4.78 is 58.1. The average Bonchev–Trinajstić information content (AvgIpc) is 2.98. The van der Waals surface area contributed by atoms with E-state index in [1.54, 1.807) is 18.2 Å². The molecule has 0 unspecified atom stereocenters. The number of carbonyl (C=O) groups is 1. The topological polar surface area (TPSA) is 139 Å². The lowest BCUT2D eigenvalue weighted by atomic mass is 10.2. The van der Waals surface area contributed by atoms with Crippen LogP contribution in [0.4, 0.5) is 0 Å². The standard InChI is InChI=1S/C17H24N4O6S2/c1-11-16(13(3)27-19-11)28(23,24)20-12(2)17(22)18-10-14-8-6-7-9-15(14)29(25,26)21(4)5/h6-9,12,20H,10H2,1-5H3,(H,18,22)/t12-/m0/s1. The van der Waals surface area contributed by atoms with Crippen molar-refractivity contribution < 1.29 is 26.2 Å². The Labute approximate surface area is 170 Å². The highest BCUT2D eigenvalue weighted by atomic mass is 32.2. The Morgan fingerprint density at radius 3 is 2.34 bits per heavy atom. The van der Waals surface area contributed by atoms with Gasteiger partial charge in [-0.15, -0.1) is 0 Å². The monoisotopic (exact) mass is 444 g/mol. The third-order valence-electron chi connectivity index (χ3n) is 4.15. The van der Waals surface area contributed by atoms with Crippen LogP contribution in [0.25, 0.3) is 0 Å². The Hall–Kier alpha value is -2.28. The fourth-order valence-electron chi connectivity index (χ4n) is 2.64. The zero-order chi connectivity index (χ0) is 22.0. The molecule has 0 aliphatic carbocycles. The van der Waals surface area contributed by atoms with Crippen LogP contribution in [0.15, 0.2) is 38.6 Å². The zero-order valence-corrected chi connectivity index (χ0v) is 18.4. The fourth-order valence-corrected chi connectivity index (χ4v) is 5.28. The first-order valence-electron chi connectivity index (χ1n) is 8.61. The van der Waals surface area contributed by atoms with Gasteiger partial charge in [-0.25, -0.2) is 21.1 Å². The van der Waals surface area contributed by atoms with E-state index in [9.17, 15) is 21.6 Å². The molecule has 1 aromatic heterocycles. The number of sulfonamides is 2. The molecule has 1 aromatic carbocycles. The lowest BCUT2D eigenvalue weighted by molar-refractivity contribution is -0.122. The first-order valence-corrected chi connectivity index (χ1v) is 11.5. The van der Waals surface area contributed by atoms with Crippen LogP contribution in [-0.4, -0.2) is 52.3 Å². The van der Waals surface area contributed by atoms with Crippen molar-refractivity contribution in [3.63, 3.8) is 0 Å². The van der Waals surface area contributed by atoms with E-state index in [1.165, 1.54) is 40.9 Å². The third-order valence-corrected chi connectivity index (χ3v) is 7.85. The molecule has 1 heterocycles. The van der Waals surface area contributed by atoms with Crippen molar-refractivity contribution in [3.8, 4) is 0 Å². The van der Waals surface area contributed by atoms with Gasteiger partial charge in [0.15, 0.2) is 5.76 Å². The van der Waals surface area contributed by atoms with Crippen molar-refractivity contribution in [2.45, 2.75) is 43.1 Å². The van der Waals surface area contributed by atoms with Gasteiger partial charge in [-0.1, -0.05) is 23.4 Å². The van der Waals surface area contributed by atoms with Gasteiger partial charge in [0.2, 0.25) is 26.0 Å². The molecule has 2 rings (SSSR count). The molecule has 0 radical (unpaired) electrons. The first kappa shape index (κ1) is 23.0. The average molecular weight is 445 g/mol. The number of nitrogens with zero attached hydrogens (tertiary/aromatic N) is 2. The predicted molar refractivity (Wildman–Crippen MR) is 105 cm³/mol. The molecule has 1 atom stereocenters. The van der Waals surface area contributed by atoms with Crippen molar-refractivity contribution in [3.05, 3.63) is 41.3 Å². The van der Waals surface area contributed by atoms with Crippen LogP contribution in [0.1, 0.15) is 23.9 Å². The van der Waals surface area contributed by atoms with Crippen LogP contribution in [0.3, 0.4) is 0 Å². The van der Waals surface area contributed by atoms with Crippen molar-refractivity contribution >= 4 is 26.0 Å². The highest BCUT2D eigenvalue weighted by molar-refractivity contribution is 7.89.